The van der Waals surface area contributed by atoms with Crippen molar-refractivity contribution in [3.63, 3.8) is 0 Å². The number of hydrogen-bond acceptors (Lipinski definition) is 3. The standard InChI is InChI=1S/C21H36O3/c1-20-8-6-14(22)11-18(20)13(12-24-3)10-15-16-4-5-19(23)21(16,2)9-7-17(15)20/h13-19,22-23H,4-12H2,1-3H3/t13-,14?,15-,16-,17+,18?,19?,20?,21?/m0/s1. The zero-order valence-electron chi connectivity index (χ0n) is 15.7. The van der Waals surface area contributed by atoms with Crippen LogP contribution in [-0.4, -0.2) is 36.1 Å². The monoisotopic (exact) mass is 336 g/mol. The van der Waals surface area contributed by atoms with E-state index in [4.69, 9.17) is 4.74 Å². The third kappa shape index (κ3) is 2.34. The van der Waals surface area contributed by atoms with Gasteiger partial charge in [-0.3, -0.25) is 0 Å². The van der Waals surface area contributed by atoms with Crippen LogP contribution in [0.2, 0.25) is 0 Å². The highest BCUT2D eigenvalue weighted by molar-refractivity contribution is 5.10. The molecule has 0 heterocycles. The van der Waals surface area contributed by atoms with Gasteiger partial charge in [-0.2, -0.15) is 0 Å². The summed E-state index contributed by atoms with van der Waals surface area (Å²) in [6.07, 6.45) is 8.84. The van der Waals surface area contributed by atoms with Crippen molar-refractivity contribution in [2.24, 2.45) is 40.4 Å². The zero-order chi connectivity index (χ0) is 17.1. The fraction of sp³-hybridized carbons (Fsp3) is 1.00. The lowest BCUT2D eigenvalue weighted by molar-refractivity contribution is -0.162. The molecule has 4 aliphatic carbocycles. The van der Waals surface area contributed by atoms with Gasteiger partial charge in [0.15, 0.2) is 0 Å². The first-order valence-corrected chi connectivity index (χ1v) is 10.2. The molecule has 4 saturated carbocycles. The van der Waals surface area contributed by atoms with Crippen molar-refractivity contribution >= 4 is 0 Å². The molecule has 9 atom stereocenters. The van der Waals surface area contributed by atoms with Crippen molar-refractivity contribution in [3.8, 4) is 0 Å². The maximum absolute atomic E-state index is 10.6. The van der Waals surface area contributed by atoms with Crippen LogP contribution >= 0.6 is 0 Å². The summed E-state index contributed by atoms with van der Waals surface area (Å²) in [6, 6.07) is 0. The third-order valence-electron chi connectivity index (χ3n) is 9.15. The summed E-state index contributed by atoms with van der Waals surface area (Å²) in [6.45, 7) is 5.72. The number of fused-ring (bicyclic) bond motifs is 5. The molecule has 2 N–H and O–H groups in total. The quantitative estimate of drug-likeness (QED) is 0.810. The molecule has 0 amide bonds. The minimum Gasteiger partial charge on any atom is -0.393 e. The van der Waals surface area contributed by atoms with Crippen molar-refractivity contribution < 1.29 is 14.9 Å². The van der Waals surface area contributed by atoms with E-state index in [1.165, 1.54) is 32.1 Å². The highest BCUT2D eigenvalue weighted by Crippen LogP contribution is 2.67. The molecule has 4 fully saturated rings. The van der Waals surface area contributed by atoms with E-state index in [9.17, 15) is 10.2 Å². The first-order chi connectivity index (χ1) is 11.4. The number of rotatable bonds is 2. The molecule has 4 rings (SSSR count). The van der Waals surface area contributed by atoms with Gasteiger partial charge in [0.05, 0.1) is 12.2 Å². The Kier molecular flexibility index (Phi) is 4.29. The summed E-state index contributed by atoms with van der Waals surface area (Å²) in [4.78, 5) is 0. The van der Waals surface area contributed by atoms with Gasteiger partial charge in [-0.25, -0.2) is 0 Å². The molecule has 24 heavy (non-hydrogen) atoms. The molecule has 0 aromatic rings. The van der Waals surface area contributed by atoms with Gasteiger partial charge in [0.1, 0.15) is 0 Å². The Morgan fingerprint density at radius 3 is 2.33 bits per heavy atom. The Hall–Kier alpha value is -0.120. The summed E-state index contributed by atoms with van der Waals surface area (Å²) in [5.74, 6) is 3.41. The van der Waals surface area contributed by atoms with Crippen LogP contribution in [0.25, 0.3) is 0 Å². The van der Waals surface area contributed by atoms with Crippen molar-refractivity contribution in [3.05, 3.63) is 0 Å². The number of aliphatic hydroxyl groups excluding tert-OH is 2. The number of ether oxygens (including phenoxy) is 1. The molecule has 0 aromatic heterocycles. The van der Waals surface area contributed by atoms with Crippen LogP contribution < -0.4 is 0 Å². The average Bonchev–Trinajstić information content (AvgIpc) is 2.85. The maximum atomic E-state index is 10.6. The predicted octanol–water partition coefficient (Wildman–Crippen LogP) is 3.62. The highest BCUT2D eigenvalue weighted by Gasteiger charge is 2.61. The summed E-state index contributed by atoms with van der Waals surface area (Å²) < 4.78 is 5.62. The average molecular weight is 337 g/mol. The molecule has 3 nitrogen and oxygen atoms in total. The summed E-state index contributed by atoms with van der Waals surface area (Å²) in [7, 11) is 1.83. The Labute approximate surface area is 147 Å². The van der Waals surface area contributed by atoms with E-state index in [1.54, 1.807) is 0 Å². The van der Waals surface area contributed by atoms with Gasteiger partial charge in [0, 0.05) is 13.7 Å². The Balaban J connectivity index is 1.67. The van der Waals surface area contributed by atoms with Crippen LogP contribution in [0.5, 0.6) is 0 Å². The van der Waals surface area contributed by atoms with E-state index in [1.807, 2.05) is 7.11 Å². The second kappa shape index (κ2) is 5.96. The lowest BCUT2D eigenvalue weighted by Gasteiger charge is -2.62. The molecule has 4 aliphatic rings. The van der Waals surface area contributed by atoms with Gasteiger partial charge in [-0.05, 0) is 91.8 Å². The van der Waals surface area contributed by atoms with E-state index < -0.39 is 0 Å². The molecule has 5 unspecified atom stereocenters. The summed E-state index contributed by atoms with van der Waals surface area (Å²) >= 11 is 0. The molecule has 0 spiro atoms. The summed E-state index contributed by atoms with van der Waals surface area (Å²) in [5, 5.41) is 20.9. The molecule has 0 bridgehead atoms. The second-order valence-corrected chi connectivity index (χ2v) is 10.0. The van der Waals surface area contributed by atoms with Crippen molar-refractivity contribution in [1.82, 2.24) is 0 Å². The van der Waals surface area contributed by atoms with E-state index >= 15 is 0 Å². The predicted molar refractivity (Wildman–Crippen MR) is 94.5 cm³/mol. The molecular formula is C21H36O3. The third-order valence-corrected chi connectivity index (χ3v) is 9.15. The smallest absolute Gasteiger partial charge is 0.0596 e. The Bertz CT molecular complexity index is 480. The Morgan fingerprint density at radius 1 is 0.875 bits per heavy atom. The number of aliphatic hydroxyl groups is 2. The second-order valence-electron chi connectivity index (χ2n) is 10.0. The van der Waals surface area contributed by atoms with Gasteiger partial charge in [-0.1, -0.05) is 13.8 Å². The van der Waals surface area contributed by atoms with Gasteiger partial charge >= 0.3 is 0 Å². The first-order valence-electron chi connectivity index (χ1n) is 10.2. The van der Waals surface area contributed by atoms with E-state index in [2.05, 4.69) is 13.8 Å². The van der Waals surface area contributed by atoms with Gasteiger partial charge < -0.3 is 14.9 Å². The van der Waals surface area contributed by atoms with Crippen LogP contribution in [0, 0.1) is 40.4 Å². The SMILES string of the molecule is COC[C@@H]1C[C@@H]2[C@@H](CCC3(C)C(O)CC[C@@H]23)C2(C)CCC(O)CC12. The lowest BCUT2D eigenvalue weighted by Crippen LogP contribution is -2.57. The molecule has 138 valence electrons. The largest absolute Gasteiger partial charge is 0.393 e. The van der Waals surface area contributed by atoms with Crippen LogP contribution in [0.4, 0.5) is 0 Å². The first kappa shape index (κ1) is 17.3. The van der Waals surface area contributed by atoms with Gasteiger partial charge in [0.2, 0.25) is 0 Å². The topological polar surface area (TPSA) is 49.7 Å². The minimum atomic E-state index is -0.110. The van der Waals surface area contributed by atoms with E-state index in [-0.39, 0.29) is 17.6 Å². The molecule has 0 radical (unpaired) electrons. The highest BCUT2D eigenvalue weighted by atomic mass is 16.5. The van der Waals surface area contributed by atoms with Crippen molar-refractivity contribution in [1.29, 1.82) is 0 Å². The van der Waals surface area contributed by atoms with Crippen LogP contribution in [0.3, 0.4) is 0 Å². The normalized spacial score (nSPS) is 57.1. The van der Waals surface area contributed by atoms with Crippen molar-refractivity contribution in [2.75, 3.05) is 13.7 Å². The van der Waals surface area contributed by atoms with Crippen LogP contribution in [0.1, 0.15) is 65.2 Å². The fourth-order valence-corrected chi connectivity index (χ4v) is 7.85. The Morgan fingerprint density at radius 2 is 1.58 bits per heavy atom. The maximum Gasteiger partial charge on any atom is 0.0596 e. The van der Waals surface area contributed by atoms with Gasteiger partial charge in [0.25, 0.3) is 0 Å². The number of hydrogen-bond donors (Lipinski definition) is 2. The lowest BCUT2D eigenvalue weighted by atomic mass is 9.43. The van der Waals surface area contributed by atoms with Crippen LogP contribution in [-0.2, 0) is 4.74 Å². The van der Waals surface area contributed by atoms with Crippen molar-refractivity contribution in [2.45, 2.75) is 77.4 Å². The fourth-order valence-electron chi connectivity index (χ4n) is 7.85. The molecular weight excluding hydrogens is 300 g/mol. The minimum absolute atomic E-state index is 0.0944. The summed E-state index contributed by atoms with van der Waals surface area (Å²) in [5.41, 5.74) is 0.510. The molecule has 0 saturated heterocycles. The van der Waals surface area contributed by atoms with E-state index in [0.717, 1.165) is 37.7 Å². The van der Waals surface area contributed by atoms with Crippen LogP contribution in [0.15, 0.2) is 0 Å². The van der Waals surface area contributed by atoms with E-state index in [0.29, 0.717) is 23.2 Å². The zero-order valence-corrected chi connectivity index (χ0v) is 15.7. The molecule has 0 aromatic carbocycles. The molecule has 0 aliphatic heterocycles. The number of methoxy groups -OCH3 is 1. The molecule has 3 heteroatoms. The van der Waals surface area contributed by atoms with Gasteiger partial charge in [-0.15, -0.1) is 0 Å².